The fourth-order valence-electron chi connectivity index (χ4n) is 3.07. The number of nitrogens with one attached hydrogen (secondary N) is 1. The molecule has 17 heavy (non-hydrogen) atoms. The predicted molar refractivity (Wildman–Crippen MR) is 69.4 cm³/mol. The van der Waals surface area contributed by atoms with Crippen molar-refractivity contribution in [1.29, 1.82) is 0 Å². The van der Waals surface area contributed by atoms with Crippen LogP contribution in [0.25, 0.3) is 0 Å². The van der Waals surface area contributed by atoms with Crippen LogP contribution in [0, 0.1) is 5.92 Å². The smallest absolute Gasteiger partial charge is 0.214 e. The summed E-state index contributed by atoms with van der Waals surface area (Å²) in [4.78, 5) is 0. The standard InChI is InChI=1S/C12H24N2O2S/c1-10(2)9-17(15,16)14-8-4-6-12(14)11-5-3-7-13-11/h10-13H,3-9H2,1-2H3. The number of hydrogen-bond acceptors (Lipinski definition) is 3. The molecule has 0 aromatic heterocycles. The first-order valence-electron chi connectivity index (χ1n) is 6.73. The Balaban J connectivity index is 2.08. The van der Waals surface area contributed by atoms with E-state index in [1.807, 2.05) is 13.8 Å². The molecule has 2 saturated heterocycles. The van der Waals surface area contributed by atoms with E-state index in [2.05, 4.69) is 5.32 Å². The highest BCUT2D eigenvalue weighted by Crippen LogP contribution is 2.28. The summed E-state index contributed by atoms with van der Waals surface area (Å²) in [5.41, 5.74) is 0. The number of rotatable bonds is 4. The zero-order chi connectivity index (χ0) is 12.5. The van der Waals surface area contributed by atoms with Gasteiger partial charge in [0.25, 0.3) is 0 Å². The van der Waals surface area contributed by atoms with Crippen molar-refractivity contribution < 1.29 is 8.42 Å². The van der Waals surface area contributed by atoms with E-state index in [9.17, 15) is 8.42 Å². The fourth-order valence-corrected chi connectivity index (χ4v) is 5.18. The Labute approximate surface area is 105 Å². The van der Waals surface area contributed by atoms with E-state index in [1.165, 1.54) is 6.42 Å². The first kappa shape index (κ1) is 13.3. The molecule has 100 valence electrons. The van der Waals surface area contributed by atoms with Crippen LogP contribution in [0.4, 0.5) is 0 Å². The van der Waals surface area contributed by atoms with Gasteiger partial charge in [-0.2, -0.15) is 4.31 Å². The Morgan fingerprint density at radius 1 is 1.29 bits per heavy atom. The zero-order valence-corrected chi connectivity index (χ0v) is 11.7. The molecule has 2 fully saturated rings. The molecule has 5 heteroatoms. The van der Waals surface area contributed by atoms with Gasteiger partial charge in [-0.15, -0.1) is 0 Å². The minimum atomic E-state index is -3.05. The molecule has 0 aliphatic carbocycles. The largest absolute Gasteiger partial charge is 0.312 e. The average Bonchev–Trinajstić information content (AvgIpc) is 2.86. The third-order valence-electron chi connectivity index (χ3n) is 3.71. The summed E-state index contributed by atoms with van der Waals surface area (Å²) in [5.74, 6) is 0.494. The van der Waals surface area contributed by atoms with Gasteiger partial charge in [0.1, 0.15) is 0 Å². The highest BCUT2D eigenvalue weighted by Gasteiger charge is 2.39. The second-order valence-corrected chi connectivity index (χ2v) is 7.66. The van der Waals surface area contributed by atoms with E-state index in [-0.39, 0.29) is 17.7 Å². The summed E-state index contributed by atoms with van der Waals surface area (Å²) in [7, 11) is -3.05. The van der Waals surface area contributed by atoms with Crippen LogP contribution in [0.5, 0.6) is 0 Å². The Morgan fingerprint density at radius 2 is 2.06 bits per heavy atom. The Morgan fingerprint density at radius 3 is 2.65 bits per heavy atom. The van der Waals surface area contributed by atoms with Crippen LogP contribution in [-0.4, -0.2) is 43.6 Å². The van der Waals surface area contributed by atoms with Crippen LogP contribution in [0.2, 0.25) is 0 Å². The maximum absolute atomic E-state index is 12.3. The van der Waals surface area contributed by atoms with Gasteiger partial charge in [-0.1, -0.05) is 13.8 Å². The number of sulfonamides is 1. The van der Waals surface area contributed by atoms with E-state index in [0.29, 0.717) is 6.04 Å². The Hall–Kier alpha value is -0.130. The van der Waals surface area contributed by atoms with Crippen molar-refractivity contribution in [2.45, 2.75) is 51.6 Å². The third-order valence-corrected chi connectivity index (χ3v) is 5.97. The van der Waals surface area contributed by atoms with Gasteiger partial charge in [-0.05, 0) is 38.1 Å². The molecule has 0 saturated carbocycles. The van der Waals surface area contributed by atoms with E-state index >= 15 is 0 Å². The summed E-state index contributed by atoms with van der Waals surface area (Å²) >= 11 is 0. The van der Waals surface area contributed by atoms with Crippen molar-refractivity contribution in [3.8, 4) is 0 Å². The molecule has 0 aromatic carbocycles. The monoisotopic (exact) mass is 260 g/mol. The van der Waals surface area contributed by atoms with Crippen molar-refractivity contribution in [2.24, 2.45) is 5.92 Å². The highest BCUT2D eigenvalue weighted by molar-refractivity contribution is 7.89. The zero-order valence-electron chi connectivity index (χ0n) is 10.9. The maximum atomic E-state index is 12.3. The molecule has 2 unspecified atom stereocenters. The van der Waals surface area contributed by atoms with Crippen LogP contribution in [0.1, 0.15) is 39.5 Å². The molecule has 2 rings (SSSR count). The predicted octanol–water partition coefficient (Wildman–Crippen LogP) is 1.19. The number of nitrogens with zero attached hydrogens (tertiary/aromatic N) is 1. The molecular formula is C12H24N2O2S. The second-order valence-electron chi connectivity index (χ2n) is 5.70. The normalized spacial score (nSPS) is 31.5. The van der Waals surface area contributed by atoms with Crippen molar-refractivity contribution >= 4 is 10.0 Å². The summed E-state index contributed by atoms with van der Waals surface area (Å²) in [6.07, 6.45) is 4.34. The third kappa shape index (κ3) is 3.01. The van der Waals surface area contributed by atoms with E-state index < -0.39 is 10.0 Å². The van der Waals surface area contributed by atoms with Crippen LogP contribution in [0.3, 0.4) is 0 Å². The molecule has 0 bridgehead atoms. The molecular weight excluding hydrogens is 236 g/mol. The van der Waals surface area contributed by atoms with Gasteiger partial charge >= 0.3 is 0 Å². The fraction of sp³-hybridized carbons (Fsp3) is 1.00. The average molecular weight is 260 g/mol. The SMILES string of the molecule is CC(C)CS(=O)(=O)N1CCCC1C1CCCN1. The van der Waals surface area contributed by atoms with Gasteiger partial charge in [0.2, 0.25) is 10.0 Å². The lowest BCUT2D eigenvalue weighted by Crippen LogP contribution is -2.47. The van der Waals surface area contributed by atoms with Crippen LogP contribution >= 0.6 is 0 Å². The molecule has 4 nitrogen and oxygen atoms in total. The van der Waals surface area contributed by atoms with Crippen molar-refractivity contribution in [3.05, 3.63) is 0 Å². The molecule has 2 atom stereocenters. The molecule has 2 heterocycles. The summed E-state index contributed by atoms with van der Waals surface area (Å²) in [5, 5.41) is 3.45. The first-order valence-corrected chi connectivity index (χ1v) is 8.34. The summed E-state index contributed by atoms with van der Waals surface area (Å²) in [6.45, 7) is 5.70. The topological polar surface area (TPSA) is 49.4 Å². The molecule has 0 radical (unpaired) electrons. The lowest BCUT2D eigenvalue weighted by Gasteiger charge is -2.29. The summed E-state index contributed by atoms with van der Waals surface area (Å²) < 4.78 is 26.4. The maximum Gasteiger partial charge on any atom is 0.214 e. The number of hydrogen-bond donors (Lipinski definition) is 1. The lowest BCUT2D eigenvalue weighted by atomic mass is 10.1. The van der Waals surface area contributed by atoms with Gasteiger partial charge in [-0.3, -0.25) is 0 Å². The molecule has 0 amide bonds. The van der Waals surface area contributed by atoms with E-state index in [1.54, 1.807) is 4.31 Å². The first-order chi connectivity index (χ1) is 8.00. The Kier molecular flexibility index (Phi) is 4.10. The van der Waals surface area contributed by atoms with Crippen LogP contribution in [0.15, 0.2) is 0 Å². The van der Waals surface area contributed by atoms with Gasteiger partial charge in [-0.25, -0.2) is 8.42 Å². The molecule has 1 N–H and O–H groups in total. The van der Waals surface area contributed by atoms with Crippen molar-refractivity contribution in [1.82, 2.24) is 9.62 Å². The van der Waals surface area contributed by atoms with Gasteiger partial charge < -0.3 is 5.32 Å². The van der Waals surface area contributed by atoms with Gasteiger partial charge in [0, 0.05) is 18.6 Å². The quantitative estimate of drug-likeness (QED) is 0.826. The lowest BCUT2D eigenvalue weighted by molar-refractivity contribution is 0.320. The molecule has 0 spiro atoms. The molecule has 2 aliphatic rings. The van der Waals surface area contributed by atoms with Gasteiger partial charge in [0.15, 0.2) is 0 Å². The van der Waals surface area contributed by atoms with Crippen LogP contribution in [-0.2, 0) is 10.0 Å². The van der Waals surface area contributed by atoms with E-state index in [4.69, 9.17) is 0 Å². The Bertz CT molecular complexity index is 348. The van der Waals surface area contributed by atoms with Gasteiger partial charge in [0.05, 0.1) is 5.75 Å². The van der Waals surface area contributed by atoms with Crippen molar-refractivity contribution in [3.63, 3.8) is 0 Å². The second kappa shape index (κ2) is 5.24. The molecule has 0 aromatic rings. The van der Waals surface area contributed by atoms with Crippen LogP contribution < -0.4 is 5.32 Å². The van der Waals surface area contributed by atoms with Crippen molar-refractivity contribution in [2.75, 3.05) is 18.8 Å². The summed E-state index contributed by atoms with van der Waals surface area (Å²) in [6, 6.07) is 0.598. The highest BCUT2D eigenvalue weighted by atomic mass is 32.2. The minimum absolute atomic E-state index is 0.206. The van der Waals surface area contributed by atoms with E-state index in [0.717, 1.165) is 32.4 Å². The minimum Gasteiger partial charge on any atom is -0.312 e. The molecule has 2 aliphatic heterocycles.